The minimum absolute atomic E-state index is 0.117. The van der Waals surface area contributed by atoms with Crippen LogP contribution < -0.4 is 16.0 Å². The van der Waals surface area contributed by atoms with Crippen molar-refractivity contribution in [2.75, 3.05) is 0 Å². The van der Waals surface area contributed by atoms with Gasteiger partial charge in [0.2, 0.25) is 11.8 Å². The van der Waals surface area contributed by atoms with Gasteiger partial charge in [0.15, 0.2) is 0 Å². The lowest BCUT2D eigenvalue weighted by molar-refractivity contribution is -0.127. The Hall–Kier alpha value is -3.39. The molecule has 0 radical (unpaired) electrons. The summed E-state index contributed by atoms with van der Waals surface area (Å²) in [7, 11) is 0. The SMILES string of the molecule is CC1(C)CC(CC(C=O)NC(=O)[C@H](CC2CCCCC2)NC(=O)OC(Cc2cccc(Cl)c2)c2ccccc2)C(=O)N1. The molecule has 0 bridgehead atoms. The second kappa shape index (κ2) is 14.7. The number of ether oxygens (including phenoxy) is 1. The summed E-state index contributed by atoms with van der Waals surface area (Å²) in [6.45, 7) is 3.87. The zero-order valence-corrected chi connectivity index (χ0v) is 25.2. The van der Waals surface area contributed by atoms with Gasteiger partial charge in [0.05, 0.1) is 6.04 Å². The van der Waals surface area contributed by atoms with Gasteiger partial charge in [-0.15, -0.1) is 0 Å². The van der Waals surface area contributed by atoms with Gasteiger partial charge in [-0.3, -0.25) is 9.59 Å². The smallest absolute Gasteiger partial charge is 0.408 e. The number of halogens is 1. The van der Waals surface area contributed by atoms with Crippen molar-refractivity contribution in [3.63, 3.8) is 0 Å². The molecule has 3 N–H and O–H groups in total. The van der Waals surface area contributed by atoms with Gasteiger partial charge in [-0.05, 0) is 62.3 Å². The van der Waals surface area contributed by atoms with Crippen LogP contribution in [0.1, 0.15) is 82.4 Å². The Kier molecular flexibility index (Phi) is 11.0. The zero-order chi connectivity index (χ0) is 30.1. The minimum atomic E-state index is -0.875. The van der Waals surface area contributed by atoms with E-state index < -0.39 is 30.2 Å². The van der Waals surface area contributed by atoms with E-state index in [1.807, 2.05) is 62.4 Å². The summed E-state index contributed by atoms with van der Waals surface area (Å²) in [6, 6.07) is 15.1. The first-order chi connectivity index (χ1) is 20.1. The monoisotopic (exact) mass is 595 g/mol. The van der Waals surface area contributed by atoms with Crippen LogP contribution in [0, 0.1) is 11.8 Å². The van der Waals surface area contributed by atoms with Crippen molar-refractivity contribution in [3.8, 4) is 0 Å². The highest BCUT2D eigenvalue weighted by atomic mass is 35.5. The maximum Gasteiger partial charge on any atom is 0.408 e. The van der Waals surface area contributed by atoms with Crippen LogP contribution in [-0.2, 0) is 25.5 Å². The van der Waals surface area contributed by atoms with Crippen LogP contribution in [0.15, 0.2) is 54.6 Å². The number of hydrogen-bond donors (Lipinski definition) is 3. The van der Waals surface area contributed by atoms with E-state index in [0.717, 1.165) is 43.2 Å². The van der Waals surface area contributed by atoms with Crippen molar-refractivity contribution in [2.45, 2.75) is 95.4 Å². The van der Waals surface area contributed by atoms with E-state index in [-0.39, 0.29) is 29.7 Å². The molecule has 4 atom stereocenters. The molecule has 4 rings (SSSR count). The third-order valence-corrected chi connectivity index (χ3v) is 8.49. The lowest BCUT2D eigenvalue weighted by Crippen LogP contribution is -2.51. The third kappa shape index (κ3) is 9.31. The van der Waals surface area contributed by atoms with Gasteiger partial charge in [0, 0.05) is 22.9 Å². The fourth-order valence-electron chi connectivity index (χ4n) is 6.19. The first kappa shape index (κ1) is 31.5. The minimum Gasteiger partial charge on any atom is -0.441 e. The number of hydrogen-bond acceptors (Lipinski definition) is 5. The van der Waals surface area contributed by atoms with E-state index >= 15 is 0 Å². The van der Waals surface area contributed by atoms with Crippen molar-refractivity contribution in [2.24, 2.45) is 11.8 Å². The Morgan fingerprint density at radius 2 is 1.79 bits per heavy atom. The molecule has 9 heteroatoms. The van der Waals surface area contributed by atoms with Crippen LogP contribution >= 0.6 is 11.6 Å². The number of amides is 3. The predicted octanol–water partition coefficient (Wildman–Crippen LogP) is 5.68. The standard InChI is InChI=1S/C33H42ClN3O5/c1-33(2)20-25(30(39)37-33)19-27(21-38)35-31(40)28(17-22-10-5-3-6-11-22)36-32(41)42-29(24-13-7-4-8-14-24)18-23-12-9-15-26(34)16-23/h4,7-9,12-16,21-22,25,27-29H,3,5-6,10-11,17-20H2,1-2H3,(H,35,40)(H,36,41)(H,37,39)/t25?,27?,28-,29?/m0/s1. The summed E-state index contributed by atoms with van der Waals surface area (Å²) >= 11 is 6.19. The molecule has 1 saturated heterocycles. The number of carbonyl (C=O) groups excluding carboxylic acids is 4. The average molecular weight is 596 g/mol. The van der Waals surface area contributed by atoms with Gasteiger partial charge in [-0.1, -0.05) is 86.2 Å². The molecule has 0 spiro atoms. The Morgan fingerprint density at radius 1 is 1.05 bits per heavy atom. The molecule has 3 amide bonds. The Bertz CT molecular complexity index is 1230. The summed E-state index contributed by atoms with van der Waals surface area (Å²) < 4.78 is 5.93. The molecule has 42 heavy (non-hydrogen) atoms. The molecule has 2 aromatic rings. The van der Waals surface area contributed by atoms with Crippen LogP contribution in [0.2, 0.25) is 5.02 Å². The molecule has 8 nitrogen and oxygen atoms in total. The van der Waals surface area contributed by atoms with E-state index in [1.54, 1.807) is 6.07 Å². The second-order valence-corrected chi connectivity index (χ2v) is 12.8. The normalized spacial score (nSPS) is 20.5. The van der Waals surface area contributed by atoms with Crippen LogP contribution in [0.3, 0.4) is 0 Å². The van der Waals surface area contributed by atoms with Crippen LogP contribution in [0.4, 0.5) is 4.79 Å². The number of aldehydes is 1. The topological polar surface area (TPSA) is 114 Å². The molecule has 0 aromatic heterocycles. The maximum absolute atomic E-state index is 13.5. The molecular formula is C33H42ClN3O5. The van der Waals surface area contributed by atoms with Crippen molar-refractivity contribution < 1.29 is 23.9 Å². The second-order valence-electron chi connectivity index (χ2n) is 12.3. The highest BCUT2D eigenvalue weighted by molar-refractivity contribution is 6.30. The molecular weight excluding hydrogens is 554 g/mol. The number of nitrogens with one attached hydrogen (secondary N) is 3. The quantitative estimate of drug-likeness (QED) is 0.273. The lowest BCUT2D eigenvalue weighted by Gasteiger charge is -2.28. The van der Waals surface area contributed by atoms with Crippen molar-refractivity contribution >= 4 is 35.8 Å². The average Bonchev–Trinajstić information content (AvgIpc) is 3.23. The molecule has 1 aliphatic carbocycles. The van der Waals surface area contributed by atoms with Crippen LogP contribution in [0.5, 0.6) is 0 Å². The first-order valence-electron chi connectivity index (χ1n) is 15.0. The molecule has 1 heterocycles. The zero-order valence-electron chi connectivity index (χ0n) is 24.4. The molecule has 226 valence electrons. The van der Waals surface area contributed by atoms with Crippen molar-refractivity contribution in [3.05, 3.63) is 70.7 Å². The van der Waals surface area contributed by atoms with Gasteiger partial charge in [-0.25, -0.2) is 4.79 Å². The van der Waals surface area contributed by atoms with E-state index in [2.05, 4.69) is 16.0 Å². The fraction of sp³-hybridized carbons (Fsp3) is 0.515. The maximum atomic E-state index is 13.5. The summed E-state index contributed by atoms with van der Waals surface area (Å²) in [5.74, 6) is -0.655. The third-order valence-electron chi connectivity index (χ3n) is 8.25. The number of benzene rings is 2. The van der Waals surface area contributed by atoms with Gasteiger partial charge in [0.25, 0.3) is 0 Å². The Labute approximate surface area is 253 Å². The molecule has 2 aliphatic rings. The van der Waals surface area contributed by atoms with Crippen molar-refractivity contribution in [1.29, 1.82) is 0 Å². The van der Waals surface area contributed by atoms with Crippen molar-refractivity contribution in [1.82, 2.24) is 16.0 Å². The number of carbonyl (C=O) groups is 4. The van der Waals surface area contributed by atoms with E-state index in [9.17, 15) is 19.2 Å². The highest BCUT2D eigenvalue weighted by Gasteiger charge is 2.39. The molecule has 1 aliphatic heterocycles. The number of alkyl carbamates (subject to hydrolysis) is 1. The highest BCUT2D eigenvalue weighted by Crippen LogP contribution is 2.30. The lowest BCUT2D eigenvalue weighted by atomic mass is 9.84. The van der Waals surface area contributed by atoms with Gasteiger partial charge in [0.1, 0.15) is 18.4 Å². The molecule has 3 unspecified atom stereocenters. The first-order valence-corrected chi connectivity index (χ1v) is 15.3. The fourth-order valence-corrected chi connectivity index (χ4v) is 6.40. The summed E-state index contributed by atoms with van der Waals surface area (Å²) in [6.07, 6.45) is 6.31. The Morgan fingerprint density at radius 3 is 2.43 bits per heavy atom. The van der Waals surface area contributed by atoms with Gasteiger partial charge in [-0.2, -0.15) is 0 Å². The van der Waals surface area contributed by atoms with Crippen LogP contribution in [-0.4, -0.2) is 41.8 Å². The number of rotatable bonds is 12. The van der Waals surface area contributed by atoms with E-state index in [4.69, 9.17) is 16.3 Å². The Balaban J connectivity index is 1.46. The van der Waals surface area contributed by atoms with E-state index in [0.29, 0.717) is 30.6 Å². The predicted molar refractivity (Wildman–Crippen MR) is 162 cm³/mol. The summed E-state index contributed by atoms with van der Waals surface area (Å²) in [5.41, 5.74) is 1.38. The van der Waals surface area contributed by atoms with Gasteiger partial charge < -0.3 is 25.5 Å². The molecule has 2 aromatic carbocycles. The largest absolute Gasteiger partial charge is 0.441 e. The molecule has 1 saturated carbocycles. The summed E-state index contributed by atoms with van der Waals surface area (Å²) in [5, 5.41) is 9.13. The molecule has 2 fully saturated rings. The van der Waals surface area contributed by atoms with E-state index in [1.165, 1.54) is 0 Å². The van der Waals surface area contributed by atoms with Gasteiger partial charge >= 0.3 is 6.09 Å². The summed E-state index contributed by atoms with van der Waals surface area (Å²) in [4.78, 5) is 51.2. The van der Waals surface area contributed by atoms with Crippen LogP contribution in [0.25, 0.3) is 0 Å².